The van der Waals surface area contributed by atoms with Gasteiger partial charge in [0.15, 0.2) is 0 Å². The molecule has 0 heterocycles. The van der Waals surface area contributed by atoms with Gasteiger partial charge in [-0.05, 0) is 53.4 Å². The highest BCUT2D eigenvalue weighted by molar-refractivity contribution is 5.84. The maximum absolute atomic E-state index is 8.88. The zero-order valence-corrected chi connectivity index (χ0v) is 12.2. The molecule has 3 heteroatoms. The first-order valence-corrected chi connectivity index (χ1v) is 7.11. The van der Waals surface area contributed by atoms with Crippen molar-refractivity contribution in [2.75, 3.05) is 20.3 Å². The van der Waals surface area contributed by atoms with E-state index in [1.807, 2.05) is 6.07 Å². The second kappa shape index (κ2) is 7.27. The molecule has 0 aromatic heterocycles. The first-order chi connectivity index (χ1) is 9.72. The second-order valence-electron chi connectivity index (χ2n) is 5.30. The topological polar surface area (TPSA) is 41.5 Å². The first kappa shape index (κ1) is 14.8. The first-order valence-electron chi connectivity index (χ1n) is 7.11. The van der Waals surface area contributed by atoms with Crippen LogP contribution < -0.4 is 10.1 Å². The molecule has 0 saturated heterocycles. The minimum Gasteiger partial charge on any atom is -0.497 e. The van der Waals surface area contributed by atoms with Gasteiger partial charge in [-0.3, -0.25) is 0 Å². The Morgan fingerprint density at radius 3 is 2.65 bits per heavy atom. The van der Waals surface area contributed by atoms with Gasteiger partial charge in [0.1, 0.15) is 5.75 Å². The smallest absolute Gasteiger partial charge is 0.119 e. The summed E-state index contributed by atoms with van der Waals surface area (Å²) in [5, 5.41) is 14.7. The average molecular weight is 273 g/mol. The van der Waals surface area contributed by atoms with E-state index in [2.05, 4.69) is 42.6 Å². The number of benzene rings is 2. The molecule has 0 fully saturated rings. The van der Waals surface area contributed by atoms with Gasteiger partial charge < -0.3 is 15.2 Å². The van der Waals surface area contributed by atoms with Gasteiger partial charge in [0, 0.05) is 13.2 Å². The Labute approximate surface area is 120 Å². The molecule has 0 aliphatic carbocycles. The Balaban J connectivity index is 1.97. The van der Waals surface area contributed by atoms with Crippen LogP contribution in [0.5, 0.6) is 5.75 Å². The standard InChI is InChI=1S/C17H23NO2/c1-13(7-8-19)11-18-12-14-3-4-16-10-17(20-2)6-5-15(16)9-14/h3-6,9-10,13,18-19H,7-8,11-12H2,1-2H3. The molecule has 2 rings (SSSR count). The van der Waals surface area contributed by atoms with Crippen molar-refractivity contribution in [1.29, 1.82) is 0 Å². The van der Waals surface area contributed by atoms with Crippen molar-refractivity contribution in [3.05, 3.63) is 42.0 Å². The number of aliphatic hydroxyl groups excluding tert-OH is 1. The van der Waals surface area contributed by atoms with E-state index in [9.17, 15) is 0 Å². The summed E-state index contributed by atoms with van der Waals surface area (Å²) in [6.07, 6.45) is 0.852. The van der Waals surface area contributed by atoms with Crippen LogP contribution in [0, 0.1) is 5.92 Å². The molecule has 108 valence electrons. The monoisotopic (exact) mass is 273 g/mol. The van der Waals surface area contributed by atoms with Gasteiger partial charge in [-0.2, -0.15) is 0 Å². The van der Waals surface area contributed by atoms with Gasteiger partial charge in [0.05, 0.1) is 7.11 Å². The van der Waals surface area contributed by atoms with Crippen molar-refractivity contribution in [3.63, 3.8) is 0 Å². The van der Waals surface area contributed by atoms with Crippen LogP contribution in [0.15, 0.2) is 36.4 Å². The molecule has 0 spiro atoms. The molecule has 1 atom stereocenters. The van der Waals surface area contributed by atoms with Crippen LogP contribution in [0.3, 0.4) is 0 Å². The van der Waals surface area contributed by atoms with Crippen LogP contribution in [0.1, 0.15) is 18.9 Å². The van der Waals surface area contributed by atoms with Gasteiger partial charge in [0.25, 0.3) is 0 Å². The maximum Gasteiger partial charge on any atom is 0.119 e. The lowest BCUT2D eigenvalue weighted by atomic mass is 10.1. The molecule has 0 saturated carbocycles. The molecule has 0 aliphatic heterocycles. The van der Waals surface area contributed by atoms with E-state index in [-0.39, 0.29) is 6.61 Å². The van der Waals surface area contributed by atoms with E-state index in [0.29, 0.717) is 5.92 Å². The van der Waals surface area contributed by atoms with Gasteiger partial charge in [-0.25, -0.2) is 0 Å². The number of methoxy groups -OCH3 is 1. The molecule has 1 unspecified atom stereocenters. The predicted molar refractivity (Wildman–Crippen MR) is 83.1 cm³/mol. The highest BCUT2D eigenvalue weighted by atomic mass is 16.5. The zero-order valence-electron chi connectivity index (χ0n) is 12.2. The van der Waals surface area contributed by atoms with Gasteiger partial charge in [0.2, 0.25) is 0 Å². The molecule has 2 aromatic carbocycles. The highest BCUT2D eigenvalue weighted by Crippen LogP contribution is 2.21. The Bertz CT molecular complexity index is 554. The number of aliphatic hydroxyl groups is 1. The molecule has 20 heavy (non-hydrogen) atoms. The summed E-state index contributed by atoms with van der Waals surface area (Å²) < 4.78 is 5.23. The summed E-state index contributed by atoms with van der Waals surface area (Å²) in [5.74, 6) is 1.39. The Morgan fingerprint density at radius 1 is 1.15 bits per heavy atom. The van der Waals surface area contributed by atoms with Crippen LogP contribution in [0.2, 0.25) is 0 Å². The normalized spacial score (nSPS) is 12.6. The third kappa shape index (κ3) is 3.95. The van der Waals surface area contributed by atoms with Crippen LogP contribution in [-0.4, -0.2) is 25.4 Å². The van der Waals surface area contributed by atoms with E-state index >= 15 is 0 Å². The third-order valence-electron chi connectivity index (χ3n) is 3.56. The lowest BCUT2D eigenvalue weighted by Crippen LogP contribution is -2.21. The molecule has 2 aromatic rings. The quantitative estimate of drug-likeness (QED) is 0.815. The van der Waals surface area contributed by atoms with Crippen molar-refractivity contribution in [3.8, 4) is 5.75 Å². The van der Waals surface area contributed by atoms with Crippen molar-refractivity contribution >= 4 is 10.8 Å². The van der Waals surface area contributed by atoms with Crippen molar-refractivity contribution < 1.29 is 9.84 Å². The fraction of sp³-hybridized carbons (Fsp3) is 0.412. The molecule has 0 aliphatic rings. The Kier molecular flexibility index (Phi) is 5.39. The molecular formula is C17H23NO2. The summed E-state index contributed by atoms with van der Waals surface area (Å²) >= 11 is 0. The average Bonchev–Trinajstić information content (AvgIpc) is 2.47. The van der Waals surface area contributed by atoms with Crippen molar-refractivity contribution in [2.24, 2.45) is 5.92 Å². The number of ether oxygens (including phenoxy) is 1. The van der Waals surface area contributed by atoms with E-state index in [0.717, 1.165) is 25.3 Å². The summed E-state index contributed by atoms with van der Waals surface area (Å²) in [7, 11) is 1.69. The Hall–Kier alpha value is -1.58. The van der Waals surface area contributed by atoms with E-state index in [1.54, 1.807) is 7.11 Å². The van der Waals surface area contributed by atoms with E-state index < -0.39 is 0 Å². The van der Waals surface area contributed by atoms with E-state index in [1.165, 1.54) is 16.3 Å². The number of fused-ring (bicyclic) bond motifs is 1. The van der Waals surface area contributed by atoms with Gasteiger partial charge >= 0.3 is 0 Å². The third-order valence-corrected chi connectivity index (χ3v) is 3.56. The number of nitrogens with one attached hydrogen (secondary N) is 1. The summed E-state index contributed by atoms with van der Waals surface area (Å²) in [5.41, 5.74) is 1.28. The maximum atomic E-state index is 8.88. The summed E-state index contributed by atoms with van der Waals surface area (Å²) in [6.45, 7) is 4.20. The largest absolute Gasteiger partial charge is 0.497 e. The molecule has 0 amide bonds. The number of hydrogen-bond donors (Lipinski definition) is 2. The van der Waals surface area contributed by atoms with E-state index in [4.69, 9.17) is 9.84 Å². The predicted octanol–water partition coefficient (Wildman–Crippen LogP) is 2.96. The molecular weight excluding hydrogens is 250 g/mol. The highest BCUT2D eigenvalue weighted by Gasteiger charge is 2.02. The van der Waals surface area contributed by atoms with Crippen LogP contribution in [0.4, 0.5) is 0 Å². The summed E-state index contributed by atoms with van der Waals surface area (Å²) in [6, 6.07) is 12.6. The van der Waals surface area contributed by atoms with Crippen molar-refractivity contribution in [2.45, 2.75) is 19.9 Å². The van der Waals surface area contributed by atoms with Crippen molar-refractivity contribution in [1.82, 2.24) is 5.32 Å². The second-order valence-corrected chi connectivity index (χ2v) is 5.30. The molecule has 3 nitrogen and oxygen atoms in total. The van der Waals surface area contributed by atoms with Gasteiger partial charge in [-0.1, -0.05) is 25.1 Å². The van der Waals surface area contributed by atoms with Gasteiger partial charge in [-0.15, -0.1) is 0 Å². The minimum atomic E-state index is 0.265. The SMILES string of the molecule is COc1ccc2cc(CNCC(C)CCO)ccc2c1. The van der Waals surface area contributed by atoms with Crippen LogP contribution >= 0.6 is 0 Å². The molecule has 0 radical (unpaired) electrons. The van der Waals surface area contributed by atoms with Crippen LogP contribution in [-0.2, 0) is 6.54 Å². The fourth-order valence-corrected chi connectivity index (χ4v) is 2.30. The Morgan fingerprint density at radius 2 is 1.90 bits per heavy atom. The molecule has 0 bridgehead atoms. The van der Waals surface area contributed by atoms with Crippen LogP contribution in [0.25, 0.3) is 10.8 Å². The number of rotatable bonds is 7. The number of hydrogen-bond acceptors (Lipinski definition) is 3. The lowest BCUT2D eigenvalue weighted by Gasteiger charge is -2.11. The lowest BCUT2D eigenvalue weighted by molar-refractivity contribution is 0.260. The molecule has 2 N–H and O–H groups in total. The fourth-order valence-electron chi connectivity index (χ4n) is 2.30. The summed E-state index contributed by atoms with van der Waals surface area (Å²) in [4.78, 5) is 0. The zero-order chi connectivity index (χ0) is 14.4. The minimum absolute atomic E-state index is 0.265.